The van der Waals surface area contributed by atoms with Gasteiger partial charge in [-0.2, -0.15) is 22.0 Å². The third kappa shape index (κ3) is 6.36. The van der Waals surface area contributed by atoms with Gasteiger partial charge in [-0.15, -0.1) is 0 Å². The molecule has 0 bridgehead atoms. The summed E-state index contributed by atoms with van der Waals surface area (Å²) in [5.74, 6) is -1.60. The minimum absolute atomic E-state index is 0.0388. The molecular weight excluding hydrogens is 714 g/mol. The average Bonchev–Trinajstić information content (AvgIpc) is 3.74. The zero-order valence-electron chi connectivity index (χ0n) is 24.3. The van der Waals surface area contributed by atoms with Gasteiger partial charge in [0.15, 0.2) is 5.75 Å². The molecule has 1 saturated carbocycles. The summed E-state index contributed by atoms with van der Waals surface area (Å²) in [6.07, 6.45) is -2.79. The molecule has 1 aromatic heterocycles. The molecule has 2 aliphatic heterocycles. The Morgan fingerprint density at radius 1 is 1.04 bits per heavy atom. The molecule has 3 amide bonds. The van der Waals surface area contributed by atoms with Crippen molar-refractivity contribution in [2.45, 2.75) is 59.7 Å². The van der Waals surface area contributed by atoms with Crippen molar-refractivity contribution in [3.8, 4) is 5.75 Å². The van der Waals surface area contributed by atoms with E-state index in [2.05, 4.69) is 0 Å². The van der Waals surface area contributed by atoms with E-state index in [0.29, 0.717) is 24.7 Å². The maximum atomic E-state index is 14.7. The highest BCUT2D eigenvalue weighted by Crippen LogP contribution is 2.49. The highest BCUT2D eigenvalue weighted by atomic mass is 35.5. The Morgan fingerprint density at radius 3 is 2.32 bits per heavy atom. The smallest absolute Gasteiger partial charge is 0.420 e. The summed E-state index contributed by atoms with van der Waals surface area (Å²) in [4.78, 5) is 46.3. The van der Waals surface area contributed by atoms with Gasteiger partial charge in [0.1, 0.15) is 16.8 Å². The normalized spacial score (nSPS) is 17.0. The highest BCUT2D eigenvalue weighted by molar-refractivity contribution is 7.99. The molecule has 250 valence electrons. The number of urea groups is 1. The third-order valence-electron chi connectivity index (χ3n) is 8.13. The molecule has 3 heterocycles. The topological polar surface area (TPSA) is 85.9 Å². The molecule has 0 atom stereocenters. The van der Waals surface area contributed by atoms with Crippen LogP contribution in [-0.4, -0.2) is 53.0 Å². The Bertz CT molecular complexity index is 1830. The van der Waals surface area contributed by atoms with Gasteiger partial charge in [-0.3, -0.25) is 14.5 Å². The van der Waals surface area contributed by atoms with Crippen molar-refractivity contribution < 1.29 is 36.3 Å². The second kappa shape index (κ2) is 12.4. The van der Waals surface area contributed by atoms with Crippen molar-refractivity contribution in [2.24, 2.45) is 0 Å². The molecule has 2 fully saturated rings. The van der Waals surface area contributed by atoms with Crippen LogP contribution in [0, 0.1) is 0 Å². The number of nitrogens with zero attached hydrogens (tertiary/aromatic N) is 3. The number of methoxy groups -OCH3 is 1. The summed E-state index contributed by atoms with van der Waals surface area (Å²) in [5.41, 5.74) is -4.32. The first-order chi connectivity index (χ1) is 22.1. The van der Waals surface area contributed by atoms with Gasteiger partial charge in [0.25, 0.3) is 11.5 Å². The zero-order valence-corrected chi connectivity index (χ0v) is 27.4. The second-order valence-electron chi connectivity index (χ2n) is 11.2. The number of aromatic amines is 1. The SMILES string of the molecule is COc1c(N2CCCN(C3CC3)C2=O)cc2c(c1C(F)(F)F)CN(C(=O)c1c(Sc3c(Cl)cccc3Cl)cc(C(F)(F)Cl)[nH]c1=O)C2. The molecule has 17 heteroatoms. The van der Waals surface area contributed by atoms with Crippen LogP contribution in [0.15, 0.2) is 44.9 Å². The van der Waals surface area contributed by atoms with Crippen LogP contribution >= 0.6 is 46.6 Å². The fraction of sp³-hybridized carbons (Fsp3) is 0.367. The first-order valence-electron chi connectivity index (χ1n) is 14.2. The number of aromatic nitrogens is 1. The summed E-state index contributed by atoms with van der Waals surface area (Å²) < 4.78 is 77.8. The lowest BCUT2D eigenvalue weighted by Crippen LogP contribution is -2.50. The maximum absolute atomic E-state index is 14.7. The highest BCUT2D eigenvalue weighted by Gasteiger charge is 2.45. The molecule has 1 saturated heterocycles. The van der Waals surface area contributed by atoms with Crippen molar-refractivity contribution in [3.05, 3.63) is 78.7 Å². The minimum Gasteiger partial charge on any atom is -0.494 e. The number of pyridine rings is 1. The lowest BCUT2D eigenvalue weighted by atomic mass is 9.99. The van der Waals surface area contributed by atoms with E-state index < -0.39 is 58.2 Å². The Morgan fingerprint density at radius 2 is 1.72 bits per heavy atom. The Labute approximate surface area is 283 Å². The van der Waals surface area contributed by atoms with Crippen molar-refractivity contribution in [1.82, 2.24) is 14.8 Å². The van der Waals surface area contributed by atoms with Crippen LogP contribution in [0.2, 0.25) is 10.0 Å². The van der Waals surface area contributed by atoms with E-state index in [0.717, 1.165) is 30.9 Å². The Balaban J connectivity index is 1.42. The molecule has 8 nitrogen and oxygen atoms in total. The van der Waals surface area contributed by atoms with E-state index in [1.54, 1.807) is 4.90 Å². The molecule has 0 spiro atoms. The summed E-state index contributed by atoms with van der Waals surface area (Å²) >= 11 is 18.4. The fourth-order valence-electron chi connectivity index (χ4n) is 5.88. The van der Waals surface area contributed by atoms with E-state index in [4.69, 9.17) is 39.5 Å². The number of ether oxygens (including phenoxy) is 1. The summed E-state index contributed by atoms with van der Waals surface area (Å²) in [6.45, 7) is -0.322. The third-order valence-corrected chi connectivity index (χ3v) is 10.4. The number of hydrogen-bond donors (Lipinski definition) is 1. The second-order valence-corrected chi connectivity index (χ2v) is 13.6. The van der Waals surface area contributed by atoms with E-state index in [1.807, 2.05) is 4.98 Å². The lowest BCUT2D eigenvalue weighted by molar-refractivity contribution is -0.139. The molecule has 2 aromatic carbocycles. The van der Waals surface area contributed by atoms with Gasteiger partial charge in [-0.1, -0.05) is 41.0 Å². The van der Waals surface area contributed by atoms with Crippen LogP contribution in [0.5, 0.6) is 5.75 Å². The molecule has 47 heavy (non-hydrogen) atoms. The van der Waals surface area contributed by atoms with Crippen molar-refractivity contribution in [3.63, 3.8) is 0 Å². The number of halogens is 8. The molecule has 3 aromatic rings. The minimum atomic E-state index is -4.95. The monoisotopic (exact) mass is 736 g/mol. The van der Waals surface area contributed by atoms with Crippen LogP contribution in [0.25, 0.3) is 0 Å². The summed E-state index contributed by atoms with van der Waals surface area (Å²) in [7, 11) is 1.07. The van der Waals surface area contributed by atoms with Crippen LogP contribution in [0.3, 0.4) is 0 Å². The number of nitrogens with one attached hydrogen (secondary N) is 1. The van der Waals surface area contributed by atoms with Crippen LogP contribution in [-0.2, 0) is 24.6 Å². The number of rotatable bonds is 7. The van der Waals surface area contributed by atoms with Gasteiger partial charge in [0, 0.05) is 42.0 Å². The number of anilines is 1. The molecule has 1 N–H and O–H groups in total. The number of carbonyl (C=O) groups excluding carboxylic acids is 2. The summed E-state index contributed by atoms with van der Waals surface area (Å²) in [6, 6.07) is 6.24. The molecule has 1 aliphatic carbocycles. The number of alkyl halides is 6. The average molecular weight is 738 g/mol. The predicted octanol–water partition coefficient (Wildman–Crippen LogP) is 8.10. The fourth-order valence-corrected chi connectivity index (χ4v) is 7.62. The van der Waals surface area contributed by atoms with Crippen molar-refractivity contribution in [1.29, 1.82) is 0 Å². The summed E-state index contributed by atoms with van der Waals surface area (Å²) in [5, 5.41) is -3.84. The van der Waals surface area contributed by atoms with Gasteiger partial charge in [0.2, 0.25) is 0 Å². The first-order valence-corrected chi connectivity index (χ1v) is 16.2. The maximum Gasteiger partial charge on any atom is 0.420 e. The molecule has 6 rings (SSSR count). The Kier molecular flexibility index (Phi) is 8.86. The number of hydrogen-bond acceptors (Lipinski definition) is 5. The van der Waals surface area contributed by atoms with Gasteiger partial charge < -0.3 is 19.5 Å². The number of amides is 3. The number of benzene rings is 2. The molecule has 3 aliphatic rings. The van der Waals surface area contributed by atoms with Crippen LogP contribution in [0.4, 0.5) is 32.4 Å². The standard InChI is InChI=1S/C30H24Cl3F5N4O4S/c1-46-24-19(42-9-3-8-41(28(42)45)15-6-7-15)10-14-12-40(13-16(14)23(24)30(36,37)38)27(44)22-20(11-21(29(33,34)35)39-26(22)43)47-25-17(31)4-2-5-18(25)32/h2,4-5,10-11,15H,3,6-9,12-13H2,1H3,(H,39,43). The van der Waals surface area contributed by atoms with E-state index in [-0.39, 0.29) is 55.8 Å². The van der Waals surface area contributed by atoms with Crippen molar-refractivity contribution in [2.75, 3.05) is 25.1 Å². The molecule has 0 unspecified atom stereocenters. The molecule has 0 radical (unpaired) electrons. The van der Waals surface area contributed by atoms with Crippen LogP contribution < -0.4 is 15.2 Å². The predicted molar refractivity (Wildman–Crippen MR) is 166 cm³/mol. The van der Waals surface area contributed by atoms with Gasteiger partial charge >= 0.3 is 17.6 Å². The van der Waals surface area contributed by atoms with Crippen molar-refractivity contribution >= 4 is 64.2 Å². The van der Waals surface area contributed by atoms with Gasteiger partial charge in [-0.05, 0) is 66.3 Å². The lowest BCUT2D eigenvalue weighted by Gasteiger charge is -2.37. The van der Waals surface area contributed by atoms with Gasteiger partial charge in [0.05, 0.1) is 22.8 Å². The zero-order chi connectivity index (χ0) is 34.0. The number of fused-ring (bicyclic) bond motifs is 1. The van der Waals surface area contributed by atoms with Crippen LogP contribution in [0.1, 0.15) is 52.0 Å². The number of H-pyrrole nitrogens is 1. The van der Waals surface area contributed by atoms with Gasteiger partial charge in [-0.25, -0.2) is 4.79 Å². The van der Waals surface area contributed by atoms with E-state index in [9.17, 15) is 36.3 Å². The Hall–Kier alpha value is -3.20. The first kappa shape index (κ1) is 33.7. The molecular formula is C30H24Cl3F5N4O4S. The number of carbonyl (C=O) groups is 2. The largest absolute Gasteiger partial charge is 0.494 e. The van der Waals surface area contributed by atoms with E-state index in [1.165, 1.54) is 29.2 Å². The van der Waals surface area contributed by atoms with E-state index >= 15 is 0 Å². The quantitative estimate of drug-likeness (QED) is 0.196.